The Kier molecular flexibility index (Phi) is 6.68. The lowest BCUT2D eigenvalue weighted by molar-refractivity contribution is -0.138. The van der Waals surface area contributed by atoms with Gasteiger partial charge in [0, 0.05) is 19.6 Å². The van der Waals surface area contributed by atoms with Crippen LogP contribution in [0.2, 0.25) is 0 Å². The van der Waals surface area contributed by atoms with Crippen LogP contribution in [0.3, 0.4) is 0 Å². The van der Waals surface area contributed by atoms with Crippen LogP contribution in [0.1, 0.15) is 26.4 Å². The molecule has 0 fully saturated rings. The summed E-state index contributed by atoms with van der Waals surface area (Å²) in [4.78, 5) is 14.1. The van der Waals surface area contributed by atoms with Gasteiger partial charge in [-0.3, -0.25) is 9.48 Å². The van der Waals surface area contributed by atoms with Gasteiger partial charge in [-0.25, -0.2) is 0 Å². The van der Waals surface area contributed by atoms with Crippen molar-refractivity contribution in [1.29, 1.82) is 0 Å². The molecule has 5 nitrogen and oxygen atoms in total. The van der Waals surface area contributed by atoms with Crippen LogP contribution >= 0.6 is 27.3 Å². The van der Waals surface area contributed by atoms with E-state index in [9.17, 15) is 18.0 Å². The van der Waals surface area contributed by atoms with Crippen molar-refractivity contribution in [3.63, 3.8) is 0 Å². The van der Waals surface area contributed by atoms with Crippen LogP contribution in [-0.2, 0) is 19.6 Å². The number of benzene rings is 1. The number of hydrogen-bond donors (Lipinski definition) is 2. The fourth-order valence-corrected chi connectivity index (χ4v) is 5.03. The highest BCUT2D eigenvalue weighted by Gasteiger charge is 2.33. The van der Waals surface area contributed by atoms with Crippen LogP contribution in [0.15, 0.2) is 41.0 Å². The molecule has 3 rings (SSSR count). The third-order valence-corrected chi connectivity index (χ3v) is 6.48. The molecule has 2 heterocycles. The number of carbonyl (C=O) groups is 1. The van der Waals surface area contributed by atoms with Crippen molar-refractivity contribution in [1.82, 2.24) is 15.1 Å². The van der Waals surface area contributed by atoms with Gasteiger partial charge in [-0.1, -0.05) is 18.2 Å². The van der Waals surface area contributed by atoms with Crippen LogP contribution in [-0.4, -0.2) is 28.3 Å². The highest BCUT2D eigenvalue weighted by Crippen LogP contribution is 2.36. The van der Waals surface area contributed by atoms with E-state index in [1.54, 1.807) is 23.0 Å². The summed E-state index contributed by atoms with van der Waals surface area (Å²) in [6.45, 7) is 1.91. The number of aromatic nitrogens is 2. The quantitative estimate of drug-likeness (QED) is 0.521. The summed E-state index contributed by atoms with van der Waals surface area (Å²) in [6.07, 6.45) is -2.80. The number of halogens is 4. The fraction of sp³-hybridized carbons (Fsp3) is 0.300. The topological polar surface area (TPSA) is 72.9 Å². The zero-order chi connectivity index (χ0) is 22.1. The van der Waals surface area contributed by atoms with E-state index in [1.807, 2.05) is 14.0 Å². The van der Waals surface area contributed by atoms with Gasteiger partial charge in [-0.05, 0) is 52.5 Å². The van der Waals surface area contributed by atoms with E-state index in [0.29, 0.717) is 4.88 Å². The maximum atomic E-state index is 13.2. The molecule has 160 valence electrons. The number of carbonyl (C=O) groups excluding carboxylic acids is 1. The molecule has 0 aliphatic carbocycles. The van der Waals surface area contributed by atoms with Crippen molar-refractivity contribution in [2.24, 2.45) is 12.8 Å². The van der Waals surface area contributed by atoms with Gasteiger partial charge in [0.1, 0.15) is 0 Å². The molecule has 0 spiro atoms. The third-order valence-electron chi connectivity index (χ3n) is 4.66. The number of alkyl halides is 3. The molecule has 0 saturated heterocycles. The lowest BCUT2D eigenvalue weighted by Crippen LogP contribution is -2.41. The summed E-state index contributed by atoms with van der Waals surface area (Å²) < 4.78 is 42.3. The molecular weight excluding hydrogens is 481 g/mol. The van der Waals surface area contributed by atoms with E-state index in [0.717, 1.165) is 26.7 Å². The number of rotatable bonds is 6. The van der Waals surface area contributed by atoms with Crippen LogP contribution in [0.4, 0.5) is 13.2 Å². The average Bonchev–Trinajstić information content (AvgIpc) is 3.22. The number of nitrogens with zero attached hydrogens (tertiary/aromatic N) is 2. The Labute approximate surface area is 184 Å². The van der Waals surface area contributed by atoms with E-state index in [1.165, 1.54) is 23.5 Å². The molecule has 2 aromatic heterocycles. The molecule has 1 atom stereocenters. The van der Waals surface area contributed by atoms with Crippen molar-refractivity contribution in [3.05, 3.63) is 62.6 Å². The summed E-state index contributed by atoms with van der Waals surface area (Å²) in [6, 6.07) is 6.45. The Morgan fingerprint density at radius 3 is 2.67 bits per heavy atom. The Balaban J connectivity index is 1.80. The SMILES string of the molecule is Cc1cc(C(=O)NC(CN)Cc2ccccc2C(F)(F)F)sc1-c1c(Br)cnn1C. The van der Waals surface area contributed by atoms with Crippen LogP contribution in [0.5, 0.6) is 0 Å². The standard InChI is InChI=1S/C20H20BrF3N4OS/c1-11-7-16(30-18(11)17-15(21)10-26-28(17)2)19(29)27-13(9-25)8-12-5-3-4-6-14(12)20(22,23)24/h3-7,10,13H,8-9,25H2,1-2H3,(H,27,29). The molecule has 1 aromatic carbocycles. The van der Waals surface area contributed by atoms with Gasteiger partial charge >= 0.3 is 6.18 Å². The van der Waals surface area contributed by atoms with Gasteiger partial charge in [-0.2, -0.15) is 18.3 Å². The Morgan fingerprint density at radius 1 is 1.37 bits per heavy atom. The molecular formula is C20H20BrF3N4OS. The molecule has 0 bridgehead atoms. The second kappa shape index (κ2) is 8.91. The average molecular weight is 501 g/mol. The Hall–Kier alpha value is -2.17. The third kappa shape index (κ3) is 4.76. The number of amides is 1. The van der Waals surface area contributed by atoms with E-state index in [2.05, 4.69) is 26.3 Å². The first-order valence-corrected chi connectivity index (χ1v) is 10.7. The minimum atomic E-state index is -4.46. The predicted molar refractivity (Wildman–Crippen MR) is 114 cm³/mol. The maximum Gasteiger partial charge on any atom is 0.416 e. The van der Waals surface area contributed by atoms with Crippen LogP contribution in [0.25, 0.3) is 10.6 Å². The molecule has 3 aromatic rings. The molecule has 0 radical (unpaired) electrons. The lowest BCUT2D eigenvalue weighted by atomic mass is 9.99. The smallest absolute Gasteiger partial charge is 0.347 e. The molecule has 0 aliphatic rings. The second-order valence-electron chi connectivity index (χ2n) is 6.85. The maximum absolute atomic E-state index is 13.2. The van der Waals surface area contributed by atoms with Crippen molar-refractivity contribution in [3.8, 4) is 10.6 Å². The first-order valence-electron chi connectivity index (χ1n) is 9.06. The molecule has 0 saturated carbocycles. The predicted octanol–water partition coefficient (Wildman–Crippen LogP) is 4.54. The van der Waals surface area contributed by atoms with E-state index in [-0.39, 0.29) is 24.4 Å². The minimum Gasteiger partial charge on any atom is -0.347 e. The van der Waals surface area contributed by atoms with Crippen molar-refractivity contribution < 1.29 is 18.0 Å². The summed E-state index contributed by atoms with van der Waals surface area (Å²) in [5.41, 5.74) is 6.89. The summed E-state index contributed by atoms with van der Waals surface area (Å²) >= 11 is 4.76. The number of thiophene rings is 1. The second-order valence-corrected chi connectivity index (χ2v) is 8.76. The monoisotopic (exact) mass is 500 g/mol. The lowest BCUT2D eigenvalue weighted by Gasteiger charge is -2.19. The van der Waals surface area contributed by atoms with Crippen molar-refractivity contribution in [2.75, 3.05) is 6.54 Å². The minimum absolute atomic E-state index is 0.0115. The zero-order valence-corrected chi connectivity index (χ0v) is 18.7. The molecule has 3 N–H and O–H groups in total. The van der Waals surface area contributed by atoms with E-state index >= 15 is 0 Å². The number of nitrogens with two attached hydrogens (primary N) is 1. The normalized spacial score (nSPS) is 12.8. The largest absolute Gasteiger partial charge is 0.416 e. The number of nitrogens with one attached hydrogen (secondary N) is 1. The van der Waals surface area contributed by atoms with Gasteiger partial charge in [0.25, 0.3) is 5.91 Å². The van der Waals surface area contributed by atoms with Crippen LogP contribution in [0, 0.1) is 6.92 Å². The molecule has 1 unspecified atom stereocenters. The first-order chi connectivity index (χ1) is 14.1. The Bertz CT molecular complexity index is 1040. The summed E-state index contributed by atoms with van der Waals surface area (Å²) in [7, 11) is 1.81. The van der Waals surface area contributed by atoms with E-state index < -0.39 is 17.8 Å². The van der Waals surface area contributed by atoms with Gasteiger partial charge in [0.2, 0.25) is 0 Å². The highest BCUT2D eigenvalue weighted by molar-refractivity contribution is 9.10. The number of hydrogen-bond acceptors (Lipinski definition) is 4. The van der Waals surface area contributed by atoms with Crippen molar-refractivity contribution in [2.45, 2.75) is 25.6 Å². The molecule has 1 amide bonds. The van der Waals surface area contributed by atoms with E-state index in [4.69, 9.17) is 5.73 Å². The van der Waals surface area contributed by atoms with Gasteiger partial charge in [0.15, 0.2) is 0 Å². The van der Waals surface area contributed by atoms with Gasteiger partial charge < -0.3 is 11.1 Å². The van der Waals surface area contributed by atoms with Gasteiger partial charge in [0.05, 0.1) is 31.7 Å². The summed E-state index contributed by atoms with van der Waals surface area (Å²) in [5.74, 6) is -0.368. The van der Waals surface area contributed by atoms with Crippen LogP contribution < -0.4 is 11.1 Å². The highest BCUT2D eigenvalue weighted by atomic mass is 79.9. The van der Waals surface area contributed by atoms with Crippen molar-refractivity contribution >= 4 is 33.2 Å². The molecule has 0 aliphatic heterocycles. The number of aryl methyl sites for hydroxylation is 2. The zero-order valence-electron chi connectivity index (χ0n) is 16.3. The first kappa shape index (κ1) is 22.5. The van der Waals surface area contributed by atoms with Gasteiger partial charge in [-0.15, -0.1) is 11.3 Å². The molecule has 30 heavy (non-hydrogen) atoms. The Morgan fingerprint density at radius 2 is 2.07 bits per heavy atom. The summed E-state index contributed by atoms with van der Waals surface area (Å²) in [5, 5.41) is 6.96. The molecule has 10 heteroatoms. The fourth-order valence-electron chi connectivity index (χ4n) is 3.19.